The second-order valence-electron chi connectivity index (χ2n) is 4.40. The second-order valence-corrected chi connectivity index (χ2v) is 4.40. The Kier molecular flexibility index (Phi) is 5.07. The largest absolute Gasteiger partial charge is 0.368 e. The fourth-order valence-electron chi connectivity index (χ4n) is 1.94. The van der Waals surface area contributed by atoms with Crippen molar-refractivity contribution in [2.24, 2.45) is 0 Å². The molecule has 0 aliphatic carbocycles. The first-order chi connectivity index (χ1) is 9.29. The lowest BCUT2D eigenvalue weighted by atomic mass is 10.1. The normalized spacial score (nSPS) is 12.3. The number of hydrogen-bond donors (Lipinski definition) is 1. The van der Waals surface area contributed by atoms with E-state index in [1.165, 1.54) is 12.1 Å². The van der Waals surface area contributed by atoms with Crippen molar-refractivity contribution in [2.45, 2.75) is 12.7 Å². The predicted molar refractivity (Wildman–Crippen MR) is 74.3 cm³/mol. The van der Waals surface area contributed by atoms with Crippen molar-refractivity contribution in [3.8, 4) is 0 Å². The van der Waals surface area contributed by atoms with Crippen LogP contribution in [0.5, 0.6) is 0 Å². The molecule has 0 radical (unpaired) electrons. The summed E-state index contributed by atoms with van der Waals surface area (Å²) in [5.74, 6) is -0.234. The fourth-order valence-corrected chi connectivity index (χ4v) is 1.94. The Bertz CT molecular complexity index is 501. The molecule has 3 heteroatoms. The minimum Gasteiger partial charge on any atom is -0.368 e. The van der Waals surface area contributed by atoms with E-state index in [1.807, 2.05) is 43.4 Å². The Hall–Kier alpha value is -1.71. The van der Waals surface area contributed by atoms with Gasteiger partial charge < -0.3 is 10.1 Å². The Morgan fingerprint density at radius 2 is 1.89 bits per heavy atom. The van der Waals surface area contributed by atoms with Crippen molar-refractivity contribution in [2.75, 3.05) is 13.6 Å². The van der Waals surface area contributed by atoms with E-state index in [0.29, 0.717) is 13.2 Å². The number of halogens is 1. The number of hydrogen-bond acceptors (Lipinski definition) is 2. The molecule has 0 fully saturated rings. The summed E-state index contributed by atoms with van der Waals surface area (Å²) in [7, 11) is 1.86. The molecule has 100 valence electrons. The van der Waals surface area contributed by atoms with Gasteiger partial charge in [0.05, 0.1) is 12.7 Å². The monoisotopic (exact) mass is 259 g/mol. The van der Waals surface area contributed by atoms with Gasteiger partial charge in [0, 0.05) is 6.54 Å². The van der Waals surface area contributed by atoms with Crippen LogP contribution in [0.2, 0.25) is 0 Å². The molecular weight excluding hydrogens is 241 g/mol. The Morgan fingerprint density at radius 1 is 1.11 bits per heavy atom. The molecule has 1 unspecified atom stereocenters. The average Bonchev–Trinajstić information content (AvgIpc) is 2.44. The van der Waals surface area contributed by atoms with Crippen molar-refractivity contribution >= 4 is 0 Å². The number of ether oxygens (including phenoxy) is 1. The molecule has 0 bridgehead atoms. The van der Waals surface area contributed by atoms with E-state index in [1.54, 1.807) is 6.07 Å². The van der Waals surface area contributed by atoms with Gasteiger partial charge in [0.2, 0.25) is 0 Å². The van der Waals surface area contributed by atoms with Crippen molar-refractivity contribution in [1.82, 2.24) is 5.32 Å². The van der Waals surface area contributed by atoms with Crippen molar-refractivity contribution in [3.63, 3.8) is 0 Å². The first-order valence-corrected chi connectivity index (χ1v) is 6.35. The van der Waals surface area contributed by atoms with Crippen LogP contribution in [0.4, 0.5) is 4.39 Å². The standard InChI is InChI=1S/C16H18FNO/c1-18-11-16(14-8-5-9-15(17)10-14)19-12-13-6-3-2-4-7-13/h2-10,16,18H,11-12H2,1H3. The summed E-state index contributed by atoms with van der Waals surface area (Å²) in [6.45, 7) is 1.17. The summed E-state index contributed by atoms with van der Waals surface area (Å²) >= 11 is 0. The van der Waals surface area contributed by atoms with Crippen molar-refractivity contribution in [1.29, 1.82) is 0 Å². The lowest BCUT2D eigenvalue weighted by molar-refractivity contribution is 0.0409. The molecule has 0 amide bonds. The third-order valence-corrected chi connectivity index (χ3v) is 2.90. The van der Waals surface area contributed by atoms with Crippen molar-refractivity contribution in [3.05, 3.63) is 71.5 Å². The maximum atomic E-state index is 13.3. The molecule has 1 atom stereocenters. The van der Waals surface area contributed by atoms with Gasteiger partial charge in [-0.2, -0.15) is 0 Å². The summed E-state index contributed by atoms with van der Waals surface area (Å²) in [5, 5.41) is 3.07. The summed E-state index contributed by atoms with van der Waals surface area (Å²) < 4.78 is 19.1. The van der Waals surface area contributed by atoms with Crippen LogP contribution in [0.3, 0.4) is 0 Å². The van der Waals surface area contributed by atoms with Crippen LogP contribution < -0.4 is 5.32 Å². The smallest absolute Gasteiger partial charge is 0.123 e. The van der Waals surface area contributed by atoms with E-state index in [0.717, 1.165) is 11.1 Å². The van der Waals surface area contributed by atoms with Gasteiger partial charge in [-0.1, -0.05) is 42.5 Å². The molecule has 2 nitrogen and oxygen atoms in total. The minimum absolute atomic E-state index is 0.152. The third kappa shape index (κ3) is 4.16. The van der Waals surface area contributed by atoms with Crippen LogP contribution in [-0.2, 0) is 11.3 Å². The highest BCUT2D eigenvalue weighted by Gasteiger charge is 2.12. The minimum atomic E-state index is -0.234. The van der Waals surface area contributed by atoms with E-state index in [2.05, 4.69) is 5.32 Å². The van der Waals surface area contributed by atoms with Crippen LogP contribution in [0.15, 0.2) is 54.6 Å². The van der Waals surface area contributed by atoms with Crippen LogP contribution >= 0.6 is 0 Å². The van der Waals surface area contributed by atoms with Gasteiger partial charge in [-0.15, -0.1) is 0 Å². The van der Waals surface area contributed by atoms with E-state index < -0.39 is 0 Å². The van der Waals surface area contributed by atoms with Crippen molar-refractivity contribution < 1.29 is 9.13 Å². The van der Waals surface area contributed by atoms with Gasteiger partial charge in [-0.05, 0) is 30.3 Å². The summed E-state index contributed by atoms with van der Waals surface area (Å²) in [6.07, 6.45) is -0.152. The van der Waals surface area contributed by atoms with Crippen LogP contribution in [0, 0.1) is 5.82 Å². The average molecular weight is 259 g/mol. The SMILES string of the molecule is CNCC(OCc1ccccc1)c1cccc(F)c1. The molecule has 2 aromatic rings. The zero-order valence-corrected chi connectivity index (χ0v) is 11.0. The molecular formula is C16H18FNO. The molecule has 0 aliphatic rings. The van der Waals surface area contributed by atoms with E-state index in [4.69, 9.17) is 4.74 Å². The lowest BCUT2D eigenvalue weighted by Crippen LogP contribution is -2.19. The fraction of sp³-hybridized carbons (Fsp3) is 0.250. The first kappa shape index (κ1) is 13.7. The van der Waals surface area contributed by atoms with E-state index in [9.17, 15) is 4.39 Å². The predicted octanol–water partition coefficient (Wildman–Crippen LogP) is 3.30. The highest BCUT2D eigenvalue weighted by molar-refractivity contribution is 5.20. The van der Waals surface area contributed by atoms with Crippen LogP contribution in [0.25, 0.3) is 0 Å². The summed E-state index contributed by atoms with van der Waals surface area (Å²) in [6, 6.07) is 16.5. The molecule has 0 saturated carbocycles. The zero-order valence-electron chi connectivity index (χ0n) is 11.0. The van der Waals surface area contributed by atoms with Gasteiger partial charge in [-0.25, -0.2) is 4.39 Å². The quantitative estimate of drug-likeness (QED) is 0.859. The highest BCUT2D eigenvalue weighted by Crippen LogP contribution is 2.19. The molecule has 2 aromatic carbocycles. The van der Waals surface area contributed by atoms with Crippen LogP contribution in [0.1, 0.15) is 17.2 Å². The number of rotatable bonds is 6. The third-order valence-electron chi connectivity index (χ3n) is 2.90. The highest BCUT2D eigenvalue weighted by atomic mass is 19.1. The number of benzene rings is 2. The molecule has 0 aliphatic heterocycles. The summed E-state index contributed by atoms with van der Waals surface area (Å²) in [5.41, 5.74) is 1.96. The maximum Gasteiger partial charge on any atom is 0.123 e. The number of likely N-dealkylation sites (N-methyl/N-ethyl adjacent to an activating group) is 1. The Balaban J connectivity index is 2.04. The zero-order chi connectivity index (χ0) is 13.5. The maximum absolute atomic E-state index is 13.3. The molecule has 0 saturated heterocycles. The summed E-state index contributed by atoms with van der Waals surface area (Å²) in [4.78, 5) is 0. The van der Waals surface area contributed by atoms with Gasteiger partial charge in [0.1, 0.15) is 5.82 Å². The lowest BCUT2D eigenvalue weighted by Gasteiger charge is -2.18. The second kappa shape index (κ2) is 7.02. The Labute approximate surface area is 113 Å². The van der Waals surface area contributed by atoms with Gasteiger partial charge >= 0.3 is 0 Å². The number of nitrogens with one attached hydrogen (secondary N) is 1. The molecule has 0 spiro atoms. The molecule has 2 rings (SSSR count). The van der Waals surface area contributed by atoms with E-state index >= 15 is 0 Å². The van der Waals surface area contributed by atoms with Gasteiger partial charge in [0.25, 0.3) is 0 Å². The molecule has 0 heterocycles. The first-order valence-electron chi connectivity index (χ1n) is 6.35. The van der Waals surface area contributed by atoms with Gasteiger partial charge in [-0.3, -0.25) is 0 Å². The van der Waals surface area contributed by atoms with Gasteiger partial charge in [0.15, 0.2) is 0 Å². The van der Waals surface area contributed by atoms with Crippen LogP contribution in [-0.4, -0.2) is 13.6 Å². The van der Waals surface area contributed by atoms with E-state index in [-0.39, 0.29) is 11.9 Å². The Morgan fingerprint density at radius 3 is 2.58 bits per heavy atom. The topological polar surface area (TPSA) is 21.3 Å². The molecule has 0 aromatic heterocycles. The molecule has 19 heavy (non-hydrogen) atoms. The molecule has 1 N–H and O–H groups in total.